The van der Waals surface area contributed by atoms with Gasteiger partial charge in [-0.05, 0) is 36.4 Å². The van der Waals surface area contributed by atoms with Gasteiger partial charge >= 0.3 is 0 Å². The van der Waals surface area contributed by atoms with Crippen molar-refractivity contribution >= 4 is 66.2 Å². The molecule has 9 rings (SSSR count). The minimum atomic E-state index is 0.476. The number of furan rings is 2. The number of hydrogen-bond donors (Lipinski definition) is 0. The highest BCUT2D eigenvalue weighted by Crippen LogP contribution is 2.39. The molecule has 0 fully saturated rings. The van der Waals surface area contributed by atoms with Crippen LogP contribution in [0.1, 0.15) is 0 Å². The molecule has 9 aromatic rings. The Bertz CT molecular complexity index is 2210. The highest BCUT2D eigenvalue weighted by Gasteiger charge is 2.23. The Morgan fingerprint density at radius 2 is 1.11 bits per heavy atom. The van der Waals surface area contributed by atoms with Gasteiger partial charge in [-0.25, -0.2) is 9.55 Å². The maximum absolute atomic E-state index is 6.36. The molecule has 8 heteroatoms. The summed E-state index contributed by atoms with van der Waals surface area (Å²) in [5.74, 6) is 1.14. The van der Waals surface area contributed by atoms with E-state index in [4.69, 9.17) is 23.8 Å². The fourth-order valence-electron chi connectivity index (χ4n) is 5.59. The first-order chi connectivity index (χ1) is 18.9. The van der Waals surface area contributed by atoms with Crippen LogP contribution in [0.15, 0.2) is 106 Å². The van der Waals surface area contributed by atoms with Crippen molar-refractivity contribution in [2.24, 2.45) is 0 Å². The molecule has 7 heterocycles. The summed E-state index contributed by atoms with van der Waals surface area (Å²) in [7, 11) is 0. The third-order valence-electron chi connectivity index (χ3n) is 7.15. The second kappa shape index (κ2) is 7.04. The van der Waals surface area contributed by atoms with Crippen molar-refractivity contribution in [2.75, 3.05) is 0 Å². The molecule has 7 aromatic heterocycles. The van der Waals surface area contributed by atoms with Gasteiger partial charge in [0.15, 0.2) is 0 Å². The fraction of sp³-hybridized carbons (Fsp3) is 0. The molecule has 0 unspecified atom stereocenters. The van der Waals surface area contributed by atoms with E-state index in [-0.39, 0.29) is 0 Å². The summed E-state index contributed by atoms with van der Waals surface area (Å²) in [6, 6.07) is 25.7. The maximum atomic E-state index is 6.36. The lowest BCUT2D eigenvalue weighted by Gasteiger charge is -2.08. The molecule has 178 valence electrons. The zero-order valence-corrected chi connectivity index (χ0v) is 19.7. The van der Waals surface area contributed by atoms with Gasteiger partial charge in [-0.1, -0.05) is 36.4 Å². The highest BCUT2D eigenvalue weighted by atomic mass is 16.3. The number of rotatable bonds is 2. The van der Waals surface area contributed by atoms with Crippen molar-refractivity contribution in [2.45, 2.75) is 0 Å². The average molecular weight is 492 g/mol. The topological polar surface area (TPSA) is 87.7 Å². The summed E-state index contributed by atoms with van der Waals surface area (Å²) in [5.41, 5.74) is 6.43. The summed E-state index contributed by atoms with van der Waals surface area (Å²) in [6.07, 6.45) is 5.35. The van der Waals surface area contributed by atoms with Gasteiger partial charge in [-0.15, -0.1) is 0 Å². The largest absolute Gasteiger partial charge is 0.439 e. The van der Waals surface area contributed by atoms with E-state index in [9.17, 15) is 0 Å². The van der Waals surface area contributed by atoms with Gasteiger partial charge in [0.2, 0.25) is 17.4 Å². The van der Waals surface area contributed by atoms with Gasteiger partial charge < -0.3 is 8.83 Å². The predicted octanol–water partition coefficient (Wildman–Crippen LogP) is 6.95. The van der Waals surface area contributed by atoms with E-state index >= 15 is 0 Å². The summed E-state index contributed by atoms with van der Waals surface area (Å²) in [4.78, 5) is 19.1. The summed E-state index contributed by atoms with van der Waals surface area (Å²) >= 11 is 0. The van der Waals surface area contributed by atoms with Gasteiger partial charge in [0.25, 0.3) is 0 Å². The molecule has 0 N–H and O–H groups in total. The second-order valence-electron chi connectivity index (χ2n) is 9.18. The van der Waals surface area contributed by atoms with Gasteiger partial charge in [-0.3, -0.25) is 14.5 Å². The monoisotopic (exact) mass is 492 g/mol. The molecule has 0 saturated carbocycles. The van der Waals surface area contributed by atoms with E-state index in [2.05, 4.69) is 11.1 Å². The molecular formula is C30H16N6O2. The number of pyridine rings is 2. The SMILES string of the molecule is c1ccc2c(c1)oc1c2c2ncccc2n1-c1ccnc(-n2c3cccnc3c3c4ccccc4oc32)n1. The molecule has 8 nitrogen and oxygen atoms in total. The fourth-order valence-corrected chi connectivity index (χ4v) is 5.59. The minimum Gasteiger partial charge on any atom is -0.439 e. The van der Waals surface area contributed by atoms with Gasteiger partial charge in [0.1, 0.15) is 28.0 Å². The van der Waals surface area contributed by atoms with Crippen molar-refractivity contribution in [1.82, 2.24) is 29.1 Å². The smallest absolute Gasteiger partial charge is 0.239 e. The lowest BCUT2D eigenvalue weighted by molar-refractivity contribution is 0.638. The van der Waals surface area contributed by atoms with Crippen LogP contribution < -0.4 is 0 Å². The van der Waals surface area contributed by atoms with Crippen molar-refractivity contribution in [3.05, 3.63) is 97.5 Å². The van der Waals surface area contributed by atoms with Crippen LogP contribution in [0.3, 0.4) is 0 Å². The van der Waals surface area contributed by atoms with Crippen molar-refractivity contribution in [3.63, 3.8) is 0 Å². The molecule has 0 amide bonds. The Balaban J connectivity index is 1.37. The second-order valence-corrected chi connectivity index (χ2v) is 9.18. The lowest BCUT2D eigenvalue weighted by atomic mass is 10.2. The van der Waals surface area contributed by atoms with Crippen LogP contribution in [-0.4, -0.2) is 29.1 Å². The Hall–Kier alpha value is -5.50. The van der Waals surface area contributed by atoms with Crippen molar-refractivity contribution < 1.29 is 8.83 Å². The van der Waals surface area contributed by atoms with Gasteiger partial charge in [-0.2, -0.15) is 4.98 Å². The van der Waals surface area contributed by atoms with E-state index in [1.54, 1.807) is 18.6 Å². The molecule has 2 aromatic carbocycles. The zero-order chi connectivity index (χ0) is 24.8. The first-order valence-electron chi connectivity index (χ1n) is 12.2. The average Bonchev–Trinajstić information content (AvgIpc) is 3.69. The molecule has 0 spiro atoms. The highest BCUT2D eigenvalue weighted by molar-refractivity contribution is 6.19. The Labute approximate surface area is 213 Å². The number of benzene rings is 2. The molecule has 0 aliphatic rings. The third-order valence-corrected chi connectivity index (χ3v) is 7.15. The van der Waals surface area contributed by atoms with Crippen LogP contribution in [0.4, 0.5) is 0 Å². The summed E-state index contributed by atoms with van der Waals surface area (Å²) < 4.78 is 16.6. The number of aromatic nitrogens is 6. The molecule has 0 bridgehead atoms. The third kappa shape index (κ3) is 2.43. The first-order valence-corrected chi connectivity index (χ1v) is 12.2. The minimum absolute atomic E-state index is 0.476. The van der Waals surface area contributed by atoms with Gasteiger partial charge in [0, 0.05) is 35.4 Å². The van der Waals surface area contributed by atoms with Crippen molar-refractivity contribution in [3.8, 4) is 11.8 Å². The number of nitrogens with zero attached hydrogens (tertiary/aromatic N) is 6. The van der Waals surface area contributed by atoms with Crippen LogP contribution in [0.2, 0.25) is 0 Å². The Morgan fingerprint density at radius 3 is 1.76 bits per heavy atom. The molecular weight excluding hydrogens is 476 g/mol. The van der Waals surface area contributed by atoms with E-state index in [1.165, 1.54) is 0 Å². The molecule has 0 radical (unpaired) electrons. The Morgan fingerprint density at radius 1 is 0.526 bits per heavy atom. The molecule has 0 aliphatic carbocycles. The van der Waals surface area contributed by atoms with E-state index in [0.717, 1.165) is 54.8 Å². The van der Waals surface area contributed by atoms with Crippen LogP contribution in [0.5, 0.6) is 0 Å². The van der Waals surface area contributed by atoms with Crippen LogP contribution in [0.25, 0.3) is 78.0 Å². The molecule has 0 aliphatic heterocycles. The van der Waals surface area contributed by atoms with Crippen LogP contribution >= 0.6 is 0 Å². The van der Waals surface area contributed by atoms with Crippen LogP contribution in [0, 0.1) is 0 Å². The number of para-hydroxylation sites is 2. The number of fused-ring (bicyclic) bond motifs is 10. The quantitative estimate of drug-likeness (QED) is 0.259. The molecule has 0 saturated heterocycles. The van der Waals surface area contributed by atoms with Gasteiger partial charge in [0.05, 0.1) is 21.8 Å². The van der Waals surface area contributed by atoms with E-state index < -0.39 is 0 Å². The molecule has 38 heavy (non-hydrogen) atoms. The Kier molecular flexibility index (Phi) is 3.64. The van der Waals surface area contributed by atoms with Crippen molar-refractivity contribution in [1.29, 1.82) is 0 Å². The summed E-state index contributed by atoms with van der Waals surface area (Å²) in [5, 5.41) is 3.94. The zero-order valence-electron chi connectivity index (χ0n) is 19.7. The van der Waals surface area contributed by atoms with E-state index in [0.29, 0.717) is 23.2 Å². The number of hydrogen-bond acceptors (Lipinski definition) is 6. The molecule has 0 atom stereocenters. The lowest BCUT2D eigenvalue weighted by Crippen LogP contribution is -2.05. The van der Waals surface area contributed by atoms with Crippen LogP contribution in [-0.2, 0) is 0 Å². The van der Waals surface area contributed by atoms with E-state index in [1.807, 2.05) is 81.9 Å². The maximum Gasteiger partial charge on any atom is 0.239 e. The normalized spacial score (nSPS) is 12.2. The standard InChI is InChI=1S/C30H16N6O2/c1-3-11-21-17(7-1)24-26-19(9-5-14-31-26)35(28(24)37-21)23-13-16-33-30(34-23)36-20-10-6-15-32-27(20)25-18-8-2-4-12-22(18)38-29(25)36/h1-16H. The first kappa shape index (κ1) is 19.7. The summed E-state index contributed by atoms with van der Waals surface area (Å²) in [6.45, 7) is 0. The predicted molar refractivity (Wildman–Crippen MR) is 146 cm³/mol.